The largest absolute Gasteiger partial charge is 0.495 e. The van der Waals surface area contributed by atoms with Crippen LogP contribution < -0.4 is 10.1 Å². The van der Waals surface area contributed by atoms with Crippen LogP contribution in [-0.2, 0) is 14.3 Å². The maximum Gasteiger partial charge on any atom is 0.331 e. The van der Waals surface area contributed by atoms with E-state index in [2.05, 4.69) is 10.3 Å². The minimum Gasteiger partial charge on any atom is -0.495 e. The number of hydrogen-bond donors (Lipinski definition) is 1. The predicted octanol–water partition coefficient (Wildman–Crippen LogP) is 4.79. The molecule has 2 aromatic carbocycles. The average molecular weight is 425 g/mol. The van der Waals surface area contributed by atoms with Gasteiger partial charge in [-0.15, -0.1) is 0 Å². The zero-order valence-electron chi connectivity index (χ0n) is 16.8. The molecule has 0 radical (unpaired) electrons. The fourth-order valence-corrected chi connectivity index (χ4v) is 3.01. The number of amides is 1. The monoisotopic (exact) mass is 424 g/mol. The Morgan fingerprint density at radius 1 is 1.20 bits per heavy atom. The van der Waals surface area contributed by atoms with E-state index >= 15 is 0 Å². The van der Waals surface area contributed by atoms with Gasteiger partial charge < -0.3 is 14.8 Å². The molecule has 154 valence electrons. The molecule has 30 heavy (non-hydrogen) atoms. The zero-order chi connectivity index (χ0) is 21.7. The SMILES string of the molecule is COc1cc(Cl)c(C)cc1NC(=O)C(C)OC(=O)C=Cc1cccc2cccnc12. The number of nitrogens with zero attached hydrogens (tertiary/aromatic N) is 1. The van der Waals surface area contributed by atoms with Crippen LogP contribution in [0.25, 0.3) is 17.0 Å². The first kappa shape index (κ1) is 21.3. The molecule has 0 aliphatic carbocycles. The van der Waals surface area contributed by atoms with E-state index in [4.69, 9.17) is 21.1 Å². The number of halogens is 1. The first-order valence-corrected chi connectivity index (χ1v) is 9.64. The number of carbonyl (C=O) groups excluding carboxylic acids is 2. The number of para-hydroxylation sites is 1. The lowest BCUT2D eigenvalue weighted by Crippen LogP contribution is -2.29. The van der Waals surface area contributed by atoms with E-state index in [0.717, 1.165) is 22.0 Å². The summed E-state index contributed by atoms with van der Waals surface area (Å²) >= 11 is 6.08. The van der Waals surface area contributed by atoms with Crippen molar-refractivity contribution >= 4 is 46.1 Å². The van der Waals surface area contributed by atoms with Gasteiger partial charge in [0.05, 0.1) is 18.3 Å². The summed E-state index contributed by atoms with van der Waals surface area (Å²) in [5, 5.41) is 4.19. The number of aromatic nitrogens is 1. The summed E-state index contributed by atoms with van der Waals surface area (Å²) in [6.07, 6.45) is 3.58. The summed E-state index contributed by atoms with van der Waals surface area (Å²) in [5.74, 6) is -0.700. The first-order chi connectivity index (χ1) is 14.4. The Labute approximate surface area is 179 Å². The van der Waals surface area contributed by atoms with Crippen LogP contribution in [0.3, 0.4) is 0 Å². The van der Waals surface area contributed by atoms with Crippen LogP contribution in [0.4, 0.5) is 5.69 Å². The van der Waals surface area contributed by atoms with Crippen LogP contribution in [0.1, 0.15) is 18.1 Å². The molecule has 3 rings (SSSR count). The van der Waals surface area contributed by atoms with Crippen LogP contribution in [0.5, 0.6) is 5.75 Å². The van der Waals surface area contributed by atoms with Gasteiger partial charge in [0.15, 0.2) is 6.10 Å². The van der Waals surface area contributed by atoms with Gasteiger partial charge in [0.25, 0.3) is 5.91 Å². The number of methoxy groups -OCH3 is 1. The number of anilines is 1. The molecule has 1 atom stereocenters. The Hall–Kier alpha value is -3.38. The number of fused-ring (bicyclic) bond motifs is 1. The predicted molar refractivity (Wildman–Crippen MR) is 118 cm³/mol. The molecule has 6 nitrogen and oxygen atoms in total. The first-order valence-electron chi connectivity index (χ1n) is 9.26. The minimum absolute atomic E-state index is 0.417. The van der Waals surface area contributed by atoms with E-state index in [1.807, 2.05) is 37.3 Å². The van der Waals surface area contributed by atoms with E-state index in [1.165, 1.54) is 20.1 Å². The highest BCUT2D eigenvalue weighted by Gasteiger charge is 2.19. The van der Waals surface area contributed by atoms with Gasteiger partial charge in [0.1, 0.15) is 5.75 Å². The molecule has 0 saturated carbocycles. The number of esters is 1. The van der Waals surface area contributed by atoms with E-state index in [1.54, 1.807) is 24.4 Å². The van der Waals surface area contributed by atoms with Gasteiger partial charge in [-0.25, -0.2) is 4.79 Å². The molecule has 1 N–H and O–H groups in total. The molecule has 0 saturated heterocycles. The molecular weight excluding hydrogens is 404 g/mol. The van der Waals surface area contributed by atoms with Gasteiger partial charge in [-0.1, -0.05) is 35.9 Å². The van der Waals surface area contributed by atoms with Crippen LogP contribution in [-0.4, -0.2) is 30.1 Å². The Morgan fingerprint density at radius 2 is 1.97 bits per heavy atom. The van der Waals surface area contributed by atoms with E-state index in [0.29, 0.717) is 16.5 Å². The minimum atomic E-state index is -1.01. The Bertz CT molecular complexity index is 1120. The van der Waals surface area contributed by atoms with Crippen molar-refractivity contribution in [1.29, 1.82) is 0 Å². The molecule has 1 unspecified atom stereocenters. The van der Waals surface area contributed by atoms with Crippen molar-refractivity contribution in [2.24, 2.45) is 0 Å². The smallest absolute Gasteiger partial charge is 0.331 e. The molecule has 0 spiro atoms. The number of aryl methyl sites for hydroxylation is 1. The van der Waals surface area contributed by atoms with Crippen LogP contribution in [0.2, 0.25) is 5.02 Å². The van der Waals surface area contributed by atoms with Gasteiger partial charge in [0, 0.05) is 34.3 Å². The molecule has 0 aliphatic rings. The standard InChI is InChI=1S/C23H21ClN2O4/c1-14-12-19(20(29-3)13-18(14)24)26-23(28)15(2)30-21(27)10-9-17-7-4-6-16-8-5-11-25-22(16)17/h4-13,15H,1-3H3,(H,26,28). The third kappa shape index (κ3) is 4.96. The molecule has 0 fully saturated rings. The number of pyridine rings is 1. The Morgan fingerprint density at radius 3 is 2.73 bits per heavy atom. The van der Waals surface area contributed by atoms with Gasteiger partial charge in [-0.3, -0.25) is 9.78 Å². The Balaban J connectivity index is 1.66. The van der Waals surface area contributed by atoms with E-state index in [-0.39, 0.29) is 0 Å². The fraction of sp³-hybridized carbons (Fsp3) is 0.174. The summed E-state index contributed by atoms with van der Waals surface area (Å²) in [4.78, 5) is 29.0. The molecule has 0 aliphatic heterocycles. The van der Waals surface area contributed by atoms with Gasteiger partial charge in [-0.2, -0.15) is 0 Å². The average Bonchev–Trinajstić information content (AvgIpc) is 2.74. The summed E-state index contributed by atoms with van der Waals surface area (Å²) in [7, 11) is 1.48. The molecule has 0 bridgehead atoms. The lowest BCUT2D eigenvalue weighted by molar-refractivity contribution is -0.148. The van der Waals surface area contributed by atoms with Crippen LogP contribution in [0.15, 0.2) is 54.7 Å². The maximum atomic E-state index is 12.5. The number of rotatable bonds is 6. The second-order valence-electron chi connectivity index (χ2n) is 6.63. The van der Waals surface area contributed by atoms with Crippen molar-refractivity contribution in [3.05, 3.63) is 70.9 Å². The van der Waals surface area contributed by atoms with E-state index < -0.39 is 18.0 Å². The topological polar surface area (TPSA) is 77.5 Å². The van der Waals surface area contributed by atoms with E-state index in [9.17, 15) is 9.59 Å². The van der Waals surface area contributed by atoms with Gasteiger partial charge in [-0.05, 0) is 37.6 Å². The second kappa shape index (κ2) is 9.41. The Kier molecular flexibility index (Phi) is 6.69. The number of nitrogens with one attached hydrogen (secondary N) is 1. The van der Waals surface area contributed by atoms with Crippen LogP contribution >= 0.6 is 11.6 Å². The molecule has 3 aromatic rings. The quantitative estimate of drug-likeness (QED) is 0.454. The summed E-state index contributed by atoms with van der Waals surface area (Å²) < 4.78 is 10.5. The van der Waals surface area contributed by atoms with Crippen molar-refractivity contribution in [3.63, 3.8) is 0 Å². The highest BCUT2D eigenvalue weighted by molar-refractivity contribution is 6.31. The van der Waals surface area contributed by atoms with Crippen molar-refractivity contribution in [2.75, 3.05) is 12.4 Å². The molecule has 1 heterocycles. The highest BCUT2D eigenvalue weighted by atomic mass is 35.5. The maximum absolute atomic E-state index is 12.5. The molecule has 7 heteroatoms. The summed E-state index contributed by atoms with van der Waals surface area (Å²) in [5.41, 5.74) is 2.79. The zero-order valence-corrected chi connectivity index (χ0v) is 17.6. The van der Waals surface area contributed by atoms with Gasteiger partial charge in [0.2, 0.25) is 0 Å². The normalized spacial score (nSPS) is 12.0. The van der Waals surface area contributed by atoms with Crippen LogP contribution in [0, 0.1) is 6.92 Å². The second-order valence-corrected chi connectivity index (χ2v) is 7.03. The van der Waals surface area contributed by atoms with Crippen molar-refractivity contribution in [2.45, 2.75) is 20.0 Å². The van der Waals surface area contributed by atoms with Crippen molar-refractivity contribution < 1.29 is 19.1 Å². The number of benzene rings is 2. The lowest BCUT2D eigenvalue weighted by atomic mass is 10.1. The molecule has 1 aromatic heterocycles. The number of carbonyl (C=O) groups is 2. The van der Waals surface area contributed by atoms with Crippen molar-refractivity contribution in [1.82, 2.24) is 4.98 Å². The lowest BCUT2D eigenvalue weighted by Gasteiger charge is -2.15. The summed E-state index contributed by atoms with van der Waals surface area (Å²) in [6.45, 7) is 3.31. The molecule has 1 amide bonds. The van der Waals surface area contributed by atoms with Gasteiger partial charge >= 0.3 is 5.97 Å². The fourth-order valence-electron chi connectivity index (χ4n) is 2.85. The molecular formula is C23H21ClN2O4. The summed E-state index contributed by atoms with van der Waals surface area (Å²) in [6, 6.07) is 12.8. The third-order valence-electron chi connectivity index (χ3n) is 4.46. The third-order valence-corrected chi connectivity index (χ3v) is 4.87. The van der Waals surface area contributed by atoms with Crippen molar-refractivity contribution in [3.8, 4) is 5.75 Å². The highest BCUT2D eigenvalue weighted by Crippen LogP contribution is 2.31. The number of ether oxygens (including phenoxy) is 2. The number of hydrogen-bond acceptors (Lipinski definition) is 5.